The SMILES string of the molecule is CC1=C(F)CC2CC(=O)N(C3CCN(C4(C)CCNC4)CC3)C2=C1. The zero-order valence-corrected chi connectivity index (χ0v) is 14.8. The summed E-state index contributed by atoms with van der Waals surface area (Å²) in [6.07, 6.45) is 6.06. The molecule has 0 bridgehead atoms. The summed E-state index contributed by atoms with van der Waals surface area (Å²) in [6, 6.07) is 0.289. The fourth-order valence-electron chi connectivity index (χ4n) is 4.95. The van der Waals surface area contributed by atoms with Crippen LogP contribution in [0.15, 0.2) is 23.2 Å². The molecule has 0 spiro atoms. The van der Waals surface area contributed by atoms with E-state index in [4.69, 9.17) is 0 Å². The summed E-state index contributed by atoms with van der Waals surface area (Å²) in [5.41, 5.74) is 2.05. The summed E-state index contributed by atoms with van der Waals surface area (Å²) < 4.78 is 13.9. The van der Waals surface area contributed by atoms with Crippen molar-refractivity contribution in [2.45, 2.75) is 57.5 Å². The number of likely N-dealkylation sites (tertiary alicyclic amines) is 2. The van der Waals surface area contributed by atoms with E-state index in [-0.39, 0.29) is 29.2 Å². The largest absolute Gasteiger partial charge is 0.315 e. The molecule has 2 atom stereocenters. The highest BCUT2D eigenvalue weighted by Gasteiger charge is 2.43. The van der Waals surface area contributed by atoms with E-state index in [2.05, 4.69) is 17.1 Å². The molecule has 1 amide bonds. The first-order valence-corrected chi connectivity index (χ1v) is 9.32. The number of nitrogens with zero attached hydrogens (tertiary/aromatic N) is 2. The van der Waals surface area contributed by atoms with Crippen molar-refractivity contribution in [3.8, 4) is 0 Å². The first kappa shape index (κ1) is 16.3. The van der Waals surface area contributed by atoms with E-state index in [1.807, 2.05) is 17.9 Å². The van der Waals surface area contributed by atoms with E-state index in [1.165, 1.54) is 6.42 Å². The number of rotatable bonds is 2. The van der Waals surface area contributed by atoms with Crippen LogP contribution in [-0.4, -0.2) is 53.5 Å². The lowest BCUT2D eigenvalue weighted by Crippen LogP contribution is -2.54. The maximum Gasteiger partial charge on any atom is 0.227 e. The Morgan fingerprint density at radius 3 is 2.71 bits per heavy atom. The molecule has 0 radical (unpaired) electrons. The zero-order chi connectivity index (χ0) is 16.9. The molecule has 3 aliphatic heterocycles. The number of amides is 1. The smallest absolute Gasteiger partial charge is 0.227 e. The van der Waals surface area contributed by atoms with Gasteiger partial charge < -0.3 is 10.2 Å². The monoisotopic (exact) mass is 333 g/mol. The normalized spacial score (nSPS) is 35.6. The molecule has 2 unspecified atom stereocenters. The molecular formula is C19H28FN3O. The van der Waals surface area contributed by atoms with Gasteiger partial charge in [-0.3, -0.25) is 9.69 Å². The predicted octanol–water partition coefficient (Wildman–Crippen LogP) is 2.58. The molecule has 3 fully saturated rings. The van der Waals surface area contributed by atoms with E-state index in [0.29, 0.717) is 18.4 Å². The number of halogens is 1. The summed E-state index contributed by atoms with van der Waals surface area (Å²) >= 11 is 0. The lowest BCUT2D eigenvalue weighted by Gasteiger charge is -2.44. The fraction of sp³-hybridized carbons (Fsp3) is 0.737. The maximum atomic E-state index is 13.9. The van der Waals surface area contributed by atoms with Gasteiger partial charge in [-0.1, -0.05) is 0 Å². The van der Waals surface area contributed by atoms with Gasteiger partial charge in [0.05, 0.1) is 0 Å². The minimum absolute atomic E-state index is 0.0464. The molecule has 4 rings (SSSR count). The minimum atomic E-state index is -0.0464. The Bertz CT molecular complexity index is 598. The van der Waals surface area contributed by atoms with Gasteiger partial charge in [-0.2, -0.15) is 0 Å². The summed E-state index contributed by atoms with van der Waals surface area (Å²) in [7, 11) is 0. The van der Waals surface area contributed by atoms with Crippen LogP contribution in [0.4, 0.5) is 4.39 Å². The molecule has 132 valence electrons. The number of carbonyl (C=O) groups is 1. The molecule has 0 saturated carbocycles. The number of piperidine rings is 1. The predicted molar refractivity (Wildman–Crippen MR) is 91.9 cm³/mol. The Kier molecular flexibility index (Phi) is 4.04. The van der Waals surface area contributed by atoms with Crippen molar-refractivity contribution in [2.24, 2.45) is 5.92 Å². The molecule has 0 aromatic carbocycles. The lowest BCUT2D eigenvalue weighted by molar-refractivity contribution is -0.129. The van der Waals surface area contributed by atoms with Gasteiger partial charge in [0.1, 0.15) is 5.83 Å². The Labute approximate surface area is 143 Å². The summed E-state index contributed by atoms with van der Waals surface area (Å²) in [4.78, 5) is 17.2. The summed E-state index contributed by atoms with van der Waals surface area (Å²) in [5, 5.41) is 3.47. The van der Waals surface area contributed by atoms with Crippen LogP contribution in [0.5, 0.6) is 0 Å². The summed E-state index contributed by atoms with van der Waals surface area (Å²) in [5.74, 6) is 0.214. The van der Waals surface area contributed by atoms with Crippen molar-refractivity contribution in [2.75, 3.05) is 26.2 Å². The molecule has 4 aliphatic rings. The van der Waals surface area contributed by atoms with Crippen LogP contribution in [0.25, 0.3) is 0 Å². The van der Waals surface area contributed by atoms with Crippen molar-refractivity contribution in [1.82, 2.24) is 15.1 Å². The van der Waals surface area contributed by atoms with Gasteiger partial charge in [0.25, 0.3) is 0 Å². The van der Waals surface area contributed by atoms with Gasteiger partial charge >= 0.3 is 0 Å². The standard InChI is InChI=1S/C19H28FN3O/c1-13-9-17-14(10-16(13)20)11-18(24)23(17)15-3-7-22(8-4-15)19(2)5-6-21-12-19/h9,14-15,21H,3-8,10-12H2,1-2H3. The highest BCUT2D eigenvalue weighted by Crippen LogP contribution is 2.42. The zero-order valence-electron chi connectivity index (χ0n) is 14.8. The van der Waals surface area contributed by atoms with Crippen molar-refractivity contribution in [3.05, 3.63) is 23.2 Å². The third kappa shape index (κ3) is 2.62. The number of fused-ring (bicyclic) bond motifs is 1. The van der Waals surface area contributed by atoms with Crippen LogP contribution in [0.2, 0.25) is 0 Å². The quantitative estimate of drug-likeness (QED) is 0.844. The number of carbonyl (C=O) groups excluding carboxylic acids is 1. The van der Waals surface area contributed by atoms with E-state index in [1.54, 1.807) is 0 Å². The molecule has 0 aromatic heterocycles. The Balaban J connectivity index is 1.47. The molecule has 24 heavy (non-hydrogen) atoms. The second-order valence-corrected chi connectivity index (χ2v) is 8.17. The number of hydrogen-bond donors (Lipinski definition) is 1. The Hall–Kier alpha value is -1.20. The molecule has 5 heteroatoms. The average molecular weight is 333 g/mol. The van der Waals surface area contributed by atoms with Gasteiger partial charge in [0, 0.05) is 55.7 Å². The van der Waals surface area contributed by atoms with Gasteiger partial charge in [0.15, 0.2) is 0 Å². The van der Waals surface area contributed by atoms with E-state index >= 15 is 0 Å². The van der Waals surface area contributed by atoms with Crippen LogP contribution < -0.4 is 5.32 Å². The lowest BCUT2D eigenvalue weighted by atomic mass is 9.91. The van der Waals surface area contributed by atoms with Crippen molar-refractivity contribution in [1.29, 1.82) is 0 Å². The van der Waals surface area contributed by atoms with Crippen molar-refractivity contribution >= 4 is 5.91 Å². The minimum Gasteiger partial charge on any atom is -0.315 e. The average Bonchev–Trinajstić information content (AvgIpc) is 3.12. The highest BCUT2D eigenvalue weighted by atomic mass is 19.1. The van der Waals surface area contributed by atoms with E-state index in [9.17, 15) is 9.18 Å². The highest BCUT2D eigenvalue weighted by molar-refractivity contribution is 5.83. The maximum absolute atomic E-state index is 13.9. The molecular weight excluding hydrogens is 305 g/mol. The molecule has 3 heterocycles. The van der Waals surface area contributed by atoms with Gasteiger partial charge in [-0.05, 0) is 51.3 Å². The molecule has 1 N–H and O–H groups in total. The first-order valence-electron chi connectivity index (χ1n) is 9.32. The van der Waals surface area contributed by atoms with Crippen LogP contribution in [-0.2, 0) is 4.79 Å². The van der Waals surface area contributed by atoms with Gasteiger partial charge in [-0.15, -0.1) is 0 Å². The second-order valence-electron chi connectivity index (χ2n) is 8.17. The van der Waals surface area contributed by atoms with E-state index < -0.39 is 0 Å². The fourth-order valence-corrected chi connectivity index (χ4v) is 4.95. The number of nitrogens with one attached hydrogen (secondary N) is 1. The van der Waals surface area contributed by atoms with Crippen LogP contribution >= 0.6 is 0 Å². The topological polar surface area (TPSA) is 35.6 Å². The molecule has 4 nitrogen and oxygen atoms in total. The number of hydrogen-bond acceptors (Lipinski definition) is 3. The van der Waals surface area contributed by atoms with Crippen LogP contribution in [0.3, 0.4) is 0 Å². The Morgan fingerprint density at radius 2 is 2.04 bits per heavy atom. The Morgan fingerprint density at radius 1 is 1.29 bits per heavy atom. The van der Waals surface area contributed by atoms with Crippen LogP contribution in [0.1, 0.15) is 46.0 Å². The third-order valence-corrected chi connectivity index (χ3v) is 6.54. The first-order chi connectivity index (χ1) is 11.5. The molecule has 1 aliphatic carbocycles. The number of allylic oxidation sites excluding steroid dienone is 4. The van der Waals surface area contributed by atoms with Crippen molar-refractivity contribution in [3.63, 3.8) is 0 Å². The van der Waals surface area contributed by atoms with E-state index in [0.717, 1.165) is 44.7 Å². The second kappa shape index (κ2) is 5.95. The molecule has 0 aromatic rings. The summed E-state index contributed by atoms with van der Waals surface area (Å²) in [6.45, 7) is 8.44. The van der Waals surface area contributed by atoms with Gasteiger partial charge in [-0.25, -0.2) is 4.39 Å². The van der Waals surface area contributed by atoms with Gasteiger partial charge in [0.2, 0.25) is 5.91 Å². The third-order valence-electron chi connectivity index (χ3n) is 6.54. The van der Waals surface area contributed by atoms with Crippen LogP contribution in [0, 0.1) is 5.92 Å². The van der Waals surface area contributed by atoms with Crippen molar-refractivity contribution < 1.29 is 9.18 Å². The molecule has 3 saturated heterocycles.